The van der Waals surface area contributed by atoms with Crippen LogP contribution in [0.3, 0.4) is 0 Å². The zero-order chi connectivity index (χ0) is 15.9. The van der Waals surface area contributed by atoms with Crippen LogP contribution >= 0.6 is 0 Å². The lowest BCUT2D eigenvalue weighted by Gasteiger charge is -2.18. The number of hydrogen-bond acceptors (Lipinski definition) is 5. The third kappa shape index (κ3) is 6.63. The Hall–Kier alpha value is -1.55. The minimum atomic E-state index is -2.96. The number of benzene rings is 1. The van der Waals surface area contributed by atoms with Gasteiger partial charge in [-0.25, -0.2) is 8.42 Å². The number of ether oxygens (including phenoxy) is 1. The number of hydrogen-bond donors (Lipinski definition) is 1. The summed E-state index contributed by atoms with van der Waals surface area (Å²) in [6.07, 6.45) is 1.24. The van der Waals surface area contributed by atoms with Crippen LogP contribution in [-0.2, 0) is 16.4 Å². The van der Waals surface area contributed by atoms with Crippen LogP contribution in [-0.4, -0.2) is 52.6 Å². The lowest BCUT2D eigenvalue weighted by molar-refractivity contribution is 0.333. The van der Waals surface area contributed by atoms with Crippen molar-refractivity contribution in [1.29, 1.82) is 0 Å². The van der Waals surface area contributed by atoms with Gasteiger partial charge in [-0.15, -0.1) is 0 Å². The van der Waals surface area contributed by atoms with Crippen molar-refractivity contribution in [2.45, 2.75) is 6.54 Å². The third-order valence-electron chi connectivity index (χ3n) is 2.90. The average molecular weight is 310 g/mol. The summed E-state index contributed by atoms with van der Waals surface area (Å²) >= 11 is 0. The first-order chi connectivity index (χ1) is 9.85. The molecule has 0 heterocycles. The molecule has 0 bridgehead atoms. The number of methoxy groups -OCH3 is 1. The molecule has 0 atom stereocenters. The van der Waals surface area contributed by atoms with Crippen LogP contribution in [0.15, 0.2) is 18.2 Å². The molecule has 1 aromatic carbocycles. The molecule has 116 valence electrons. The zero-order valence-electron chi connectivity index (χ0n) is 12.7. The van der Waals surface area contributed by atoms with Gasteiger partial charge in [-0.1, -0.05) is 11.8 Å². The molecule has 5 nitrogen and oxygen atoms in total. The van der Waals surface area contributed by atoms with Gasteiger partial charge < -0.3 is 15.4 Å². The van der Waals surface area contributed by atoms with E-state index in [4.69, 9.17) is 10.5 Å². The van der Waals surface area contributed by atoms with E-state index in [-0.39, 0.29) is 5.75 Å². The standard InChI is InChI=1S/C15H22N2O3S/c1-17(9-10-21(3,18)19)12-14-11-13(5-4-8-16)6-7-15(14)20-2/h6-7,11H,8-10,12,16H2,1-3H3. The molecule has 2 N–H and O–H groups in total. The molecule has 0 aliphatic carbocycles. The first kappa shape index (κ1) is 17.5. The predicted octanol–water partition coefficient (Wildman–Crippen LogP) is 0.482. The van der Waals surface area contributed by atoms with Crippen LogP contribution in [0.4, 0.5) is 0 Å². The summed E-state index contributed by atoms with van der Waals surface area (Å²) < 4.78 is 27.7. The molecular weight excluding hydrogens is 288 g/mol. The Morgan fingerprint density at radius 2 is 2.10 bits per heavy atom. The Morgan fingerprint density at radius 1 is 1.38 bits per heavy atom. The van der Waals surface area contributed by atoms with Crippen LogP contribution in [0.25, 0.3) is 0 Å². The van der Waals surface area contributed by atoms with E-state index in [1.807, 2.05) is 30.1 Å². The molecule has 0 saturated heterocycles. The lowest BCUT2D eigenvalue weighted by atomic mass is 10.1. The van der Waals surface area contributed by atoms with Crippen LogP contribution in [0.1, 0.15) is 11.1 Å². The number of nitrogens with two attached hydrogens (primary N) is 1. The van der Waals surface area contributed by atoms with Gasteiger partial charge in [0, 0.05) is 30.5 Å². The first-order valence-corrected chi connectivity index (χ1v) is 8.64. The molecule has 0 radical (unpaired) electrons. The zero-order valence-corrected chi connectivity index (χ0v) is 13.5. The van der Waals surface area contributed by atoms with Crippen molar-refractivity contribution >= 4 is 9.84 Å². The molecule has 0 aliphatic rings. The SMILES string of the molecule is COc1ccc(C#CCN)cc1CN(C)CCS(C)(=O)=O. The van der Waals surface area contributed by atoms with Crippen molar-refractivity contribution in [3.63, 3.8) is 0 Å². The first-order valence-electron chi connectivity index (χ1n) is 6.58. The number of rotatable bonds is 6. The minimum Gasteiger partial charge on any atom is -0.496 e. The molecule has 6 heteroatoms. The van der Waals surface area contributed by atoms with Crippen molar-refractivity contribution in [2.24, 2.45) is 5.73 Å². The van der Waals surface area contributed by atoms with Crippen molar-refractivity contribution in [1.82, 2.24) is 4.90 Å². The third-order valence-corrected chi connectivity index (χ3v) is 3.82. The topological polar surface area (TPSA) is 72.6 Å². The number of nitrogens with zero attached hydrogens (tertiary/aromatic N) is 1. The van der Waals surface area contributed by atoms with E-state index in [9.17, 15) is 8.42 Å². The Bertz CT molecular complexity index is 630. The summed E-state index contributed by atoms with van der Waals surface area (Å²) in [7, 11) is 0.533. The molecule has 0 spiro atoms. The molecule has 1 aromatic rings. The summed E-state index contributed by atoms with van der Waals surface area (Å²) in [6, 6.07) is 5.68. The second-order valence-corrected chi connectivity index (χ2v) is 7.16. The monoisotopic (exact) mass is 310 g/mol. The van der Waals surface area contributed by atoms with Crippen LogP contribution in [0, 0.1) is 11.8 Å². The van der Waals surface area contributed by atoms with Gasteiger partial charge in [0.1, 0.15) is 15.6 Å². The fourth-order valence-electron chi connectivity index (χ4n) is 1.82. The van der Waals surface area contributed by atoms with Crippen molar-refractivity contribution in [3.05, 3.63) is 29.3 Å². The molecule has 0 aliphatic heterocycles. The van der Waals surface area contributed by atoms with E-state index < -0.39 is 9.84 Å². The smallest absolute Gasteiger partial charge is 0.148 e. The van der Waals surface area contributed by atoms with Gasteiger partial charge in [0.25, 0.3) is 0 Å². The van der Waals surface area contributed by atoms with Gasteiger partial charge >= 0.3 is 0 Å². The predicted molar refractivity (Wildman–Crippen MR) is 85.0 cm³/mol. The van der Waals surface area contributed by atoms with Crippen molar-refractivity contribution in [3.8, 4) is 17.6 Å². The van der Waals surface area contributed by atoms with Gasteiger partial charge in [-0.3, -0.25) is 0 Å². The molecule has 0 saturated carbocycles. The second kappa shape index (κ2) is 8.03. The molecule has 0 aromatic heterocycles. The quantitative estimate of drug-likeness (QED) is 0.774. The fourth-order valence-corrected chi connectivity index (χ4v) is 2.47. The minimum absolute atomic E-state index is 0.137. The Balaban J connectivity index is 2.84. The maximum Gasteiger partial charge on any atom is 0.148 e. The molecule has 21 heavy (non-hydrogen) atoms. The van der Waals surface area contributed by atoms with Crippen molar-refractivity contribution in [2.75, 3.05) is 39.3 Å². The maximum atomic E-state index is 11.2. The van der Waals surface area contributed by atoms with E-state index in [2.05, 4.69) is 11.8 Å². The van der Waals surface area contributed by atoms with Crippen LogP contribution in [0.5, 0.6) is 5.75 Å². The van der Waals surface area contributed by atoms with Gasteiger partial charge in [0.05, 0.1) is 19.4 Å². The van der Waals surface area contributed by atoms with E-state index in [1.165, 1.54) is 6.26 Å². The summed E-state index contributed by atoms with van der Waals surface area (Å²) in [5.74, 6) is 6.69. The average Bonchev–Trinajstić information content (AvgIpc) is 2.42. The van der Waals surface area contributed by atoms with Crippen LogP contribution in [0.2, 0.25) is 0 Å². The van der Waals surface area contributed by atoms with Crippen LogP contribution < -0.4 is 10.5 Å². The Morgan fingerprint density at radius 3 is 2.67 bits per heavy atom. The van der Waals surface area contributed by atoms with Gasteiger partial charge in [0.15, 0.2) is 0 Å². The summed E-state index contributed by atoms with van der Waals surface area (Å²) in [6.45, 7) is 1.38. The van der Waals surface area contributed by atoms with E-state index in [1.54, 1.807) is 7.11 Å². The number of sulfone groups is 1. The van der Waals surface area contributed by atoms with E-state index in [0.29, 0.717) is 19.6 Å². The molecular formula is C15H22N2O3S. The van der Waals surface area contributed by atoms with Crippen molar-refractivity contribution < 1.29 is 13.2 Å². The molecule has 0 amide bonds. The highest BCUT2D eigenvalue weighted by Crippen LogP contribution is 2.21. The normalized spacial score (nSPS) is 11.1. The summed E-state index contributed by atoms with van der Waals surface area (Å²) in [5, 5.41) is 0. The largest absolute Gasteiger partial charge is 0.496 e. The summed E-state index contributed by atoms with van der Waals surface area (Å²) in [5.41, 5.74) is 7.21. The Kier molecular flexibility index (Phi) is 6.69. The molecule has 0 unspecified atom stereocenters. The van der Waals surface area contributed by atoms with Gasteiger partial charge in [0.2, 0.25) is 0 Å². The van der Waals surface area contributed by atoms with Gasteiger partial charge in [-0.2, -0.15) is 0 Å². The fraction of sp³-hybridized carbons (Fsp3) is 0.467. The summed E-state index contributed by atoms with van der Waals surface area (Å²) in [4.78, 5) is 1.94. The second-order valence-electron chi connectivity index (χ2n) is 4.90. The highest BCUT2D eigenvalue weighted by molar-refractivity contribution is 7.90. The van der Waals surface area contributed by atoms with Gasteiger partial charge in [-0.05, 0) is 25.2 Å². The highest BCUT2D eigenvalue weighted by atomic mass is 32.2. The van der Waals surface area contributed by atoms with E-state index >= 15 is 0 Å². The molecule has 1 rings (SSSR count). The highest BCUT2D eigenvalue weighted by Gasteiger charge is 2.10. The van der Waals surface area contributed by atoms with E-state index in [0.717, 1.165) is 16.9 Å². The lowest BCUT2D eigenvalue weighted by Crippen LogP contribution is -2.25. The maximum absolute atomic E-state index is 11.2. The Labute approximate surface area is 127 Å². The molecule has 0 fully saturated rings.